The molecule has 1 fully saturated rings. The van der Waals surface area contributed by atoms with E-state index in [4.69, 9.17) is 21.3 Å². The fourth-order valence-electron chi connectivity index (χ4n) is 3.64. The van der Waals surface area contributed by atoms with Crippen LogP contribution in [0, 0.1) is 41.5 Å². The molecule has 0 aromatic heterocycles. The number of nitrogens with zero attached hydrogens (tertiary/aromatic N) is 2. The molecule has 0 saturated carbocycles. The zero-order valence-electron chi connectivity index (χ0n) is 18.4. The Morgan fingerprint density at radius 2 is 1.55 bits per heavy atom. The first-order valence-electron chi connectivity index (χ1n) is 10.2. The Morgan fingerprint density at radius 3 is 2.14 bits per heavy atom. The number of halogens is 1. The average Bonchev–Trinajstić information content (AvgIpc) is 2.73. The first kappa shape index (κ1) is 22.2. The number of thioether (sulfide) groups is 1. The highest BCUT2D eigenvalue weighted by molar-refractivity contribution is 8.13. The first-order chi connectivity index (χ1) is 13.8. The number of aliphatic imine (C=N–C) groups is 1. The van der Waals surface area contributed by atoms with Gasteiger partial charge in [0.25, 0.3) is 0 Å². The third-order valence-corrected chi connectivity index (χ3v) is 7.61. The van der Waals surface area contributed by atoms with Crippen molar-refractivity contribution < 1.29 is 4.74 Å². The molecule has 0 aliphatic carbocycles. The van der Waals surface area contributed by atoms with Crippen molar-refractivity contribution in [1.82, 2.24) is 4.90 Å². The third-order valence-electron chi connectivity index (χ3n) is 6.16. The lowest BCUT2D eigenvalue weighted by molar-refractivity contribution is 0.0693. The Morgan fingerprint density at radius 1 is 0.966 bits per heavy atom. The molecule has 0 N–H and O–H groups in total. The van der Waals surface area contributed by atoms with E-state index in [1.807, 2.05) is 36.9 Å². The monoisotopic (exact) mass is 430 g/mol. The van der Waals surface area contributed by atoms with Gasteiger partial charge in [-0.25, -0.2) is 4.99 Å². The van der Waals surface area contributed by atoms with Crippen LogP contribution < -0.4 is 0 Å². The highest BCUT2D eigenvalue weighted by Crippen LogP contribution is 2.31. The fourth-order valence-corrected chi connectivity index (χ4v) is 5.06. The van der Waals surface area contributed by atoms with E-state index in [0.717, 1.165) is 53.5 Å². The van der Waals surface area contributed by atoms with Crippen molar-refractivity contribution >= 4 is 34.2 Å². The molecule has 0 spiro atoms. The van der Waals surface area contributed by atoms with Gasteiger partial charge in [0, 0.05) is 23.9 Å². The second-order valence-corrected chi connectivity index (χ2v) is 9.17. The molecule has 3 rings (SSSR count). The summed E-state index contributed by atoms with van der Waals surface area (Å²) in [5.41, 5.74) is 10.4. The lowest BCUT2D eigenvalue weighted by atomic mass is 9.90. The summed E-state index contributed by atoms with van der Waals surface area (Å²) in [5, 5.41) is 1.80. The summed E-state index contributed by atoms with van der Waals surface area (Å²) in [5.74, 6) is 0.912. The molecule has 0 radical (unpaired) electrons. The largest absolute Gasteiger partial charge is 0.378 e. The van der Waals surface area contributed by atoms with E-state index in [-0.39, 0.29) is 0 Å². The lowest BCUT2D eigenvalue weighted by Crippen LogP contribution is -2.39. The second kappa shape index (κ2) is 9.55. The lowest BCUT2D eigenvalue weighted by Gasteiger charge is -2.30. The van der Waals surface area contributed by atoms with E-state index in [1.54, 1.807) is 0 Å². The maximum absolute atomic E-state index is 6.34. The quantitative estimate of drug-likeness (QED) is 0.413. The minimum atomic E-state index is 0.745. The topological polar surface area (TPSA) is 24.8 Å². The molecule has 5 heteroatoms. The predicted molar refractivity (Wildman–Crippen MR) is 127 cm³/mol. The SMILES string of the molecule is Cc1ccc(N=C(SCc2c(C)c(C)c(C)c(C)c2C)N2CCOCC2)cc1Cl. The average molecular weight is 431 g/mol. The first-order valence-corrected chi connectivity index (χ1v) is 11.5. The van der Waals surface area contributed by atoms with Gasteiger partial charge >= 0.3 is 0 Å². The van der Waals surface area contributed by atoms with Crippen molar-refractivity contribution in [2.24, 2.45) is 4.99 Å². The van der Waals surface area contributed by atoms with Gasteiger partial charge in [-0.3, -0.25) is 0 Å². The van der Waals surface area contributed by atoms with Gasteiger partial charge in [-0.05, 0) is 92.6 Å². The van der Waals surface area contributed by atoms with Crippen LogP contribution in [0.3, 0.4) is 0 Å². The van der Waals surface area contributed by atoms with Crippen molar-refractivity contribution in [3.8, 4) is 0 Å². The molecular weight excluding hydrogens is 400 g/mol. The smallest absolute Gasteiger partial charge is 0.164 e. The van der Waals surface area contributed by atoms with Crippen LogP contribution in [-0.4, -0.2) is 36.4 Å². The number of morpholine rings is 1. The number of aryl methyl sites for hydroxylation is 1. The molecule has 0 atom stereocenters. The van der Waals surface area contributed by atoms with Crippen LogP contribution in [0.5, 0.6) is 0 Å². The number of hydrogen-bond acceptors (Lipinski definition) is 3. The van der Waals surface area contributed by atoms with Crippen molar-refractivity contribution in [2.75, 3.05) is 26.3 Å². The van der Waals surface area contributed by atoms with Crippen molar-refractivity contribution in [2.45, 2.75) is 47.3 Å². The van der Waals surface area contributed by atoms with Crippen LogP contribution in [0.4, 0.5) is 5.69 Å². The van der Waals surface area contributed by atoms with E-state index >= 15 is 0 Å². The summed E-state index contributed by atoms with van der Waals surface area (Å²) < 4.78 is 5.55. The molecule has 0 bridgehead atoms. The third kappa shape index (κ3) is 4.99. The van der Waals surface area contributed by atoms with Crippen LogP contribution in [0.15, 0.2) is 23.2 Å². The molecule has 1 aliphatic rings. The van der Waals surface area contributed by atoms with E-state index in [1.165, 1.54) is 33.4 Å². The standard InChI is InChI=1S/C24H31ClN2OS/c1-15-7-8-21(13-23(15)25)26-24(27-9-11-28-12-10-27)29-14-22-19(5)17(3)16(2)18(4)20(22)6/h7-8,13H,9-12,14H2,1-6H3. The van der Waals surface area contributed by atoms with Gasteiger partial charge in [0.05, 0.1) is 18.9 Å². The van der Waals surface area contributed by atoms with Gasteiger partial charge in [-0.1, -0.05) is 29.4 Å². The van der Waals surface area contributed by atoms with Gasteiger partial charge in [0.1, 0.15) is 0 Å². The summed E-state index contributed by atoms with van der Waals surface area (Å²) >= 11 is 8.15. The minimum Gasteiger partial charge on any atom is -0.378 e. The summed E-state index contributed by atoms with van der Waals surface area (Å²) in [6.07, 6.45) is 0. The zero-order chi connectivity index (χ0) is 21.1. The molecule has 2 aromatic rings. The molecule has 1 heterocycles. The number of rotatable bonds is 3. The summed E-state index contributed by atoms with van der Waals surface area (Å²) in [7, 11) is 0. The number of ether oxygens (including phenoxy) is 1. The number of benzene rings is 2. The molecule has 0 unspecified atom stereocenters. The van der Waals surface area contributed by atoms with Crippen LogP contribution in [0.25, 0.3) is 0 Å². The van der Waals surface area contributed by atoms with E-state index < -0.39 is 0 Å². The highest BCUT2D eigenvalue weighted by atomic mass is 35.5. The van der Waals surface area contributed by atoms with Gasteiger partial charge in [0.15, 0.2) is 5.17 Å². The van der Waals surface area contributed by atoms with E-state index in [2.05, 4.69) is 39.5 Å². The van der Waals surface area contributed by atoms with Crippen LogP contribution >= 0.6 is 23.4 Å². The predicted octanol–water partition coefficient (Wildman–Crippen LogP) is 6.44. The van der Waals surface area contributed by atoms with E-state index in [9.17, 15) is 0 Å². The molecule has 1 aliphatic heterocycles. The Kier molecular flexibility index (Phi) is 7.31. The van der Waals surface area contributed by atoms with Gasteiger partial charge < -0.3 is 9.64 Å². The van der Waals surface area contributed by atoms with Crippen molar-refractivity contribution in [3.63, 3.8) is 0 Å². The molecule has 0 amide bonds. The Balaban J connectivity index is 1.92. The maximum Gasteiger partial charge on any atom is 0.164 e. The molecule has 3 nitrogen and oxygen atoms in total. The summed E-state index contributed by atoms with van der Waals surface area (Å²) in [4.78, 5) is 7.32. The van der Waals surface area contributed by atoms with Crippen molar-refractivity contribution in [1.29, 1.82) is 0 Å². The van der Waals surface area contributed by atoms with Crippen molar-refractivity contribution in [3.05, 3.63) is 62.2 Å². The Labute approximate surface area is 184 Å². The van der Waals surface area contributed by atoms with Gasteiger partial charge in [-0.2, -0.15) is 0 Å². The fraction of sp³-hybridized carbons (Fsp3) is 0.458. The Bertz CT molecular complexity index is 904. The normalized spacial score (nSPS) is 15.1. The number of hydrogen-bond donors (Lipinski definition) is 0. The maximum atomic E-state index is 6.34. The van der Waals surface area contributed by atoms with Crippen LogP contribution in [0.1, 0.15) is 38.9 Å². The van der Waals surface area contributed by atoms with Gasteiger partial charge in [-0.15, -0.1) is 0 Å². The zero-order valence-corrected chi connectivity index (χ0v) is 19.9. The summed E-state index contributed by atoms with van der Waals surface area (Å²) in [6, 6.07) is 6.03. The van der Waals surface area contributed by atoms with Crippen LogP contribution in [-0.2, 0) is 10.5 Å². The molecule has 29 heavy (non-hydrogen) atoms. The Hall–Kier alpha value is -1.49. The minimum absolute atomic E-state index is 0.745. The molecule has 2 aromatic carbocycles. The highest BCUT2D eigenvalue weighted by Gasteiger charge is 2.19. The second-order valence-electron chi connectivity index (χ2n) is 7.82. The molecule has 1 saturated heterocycles. The van der Waals surface area contributed by atoms with E-state index in [0.29, 0.717) is 0 Å². The number of amidine groups is 1. The van der Waals surface area contributed by atoms with Gasteiger partial charge in [0.2, 0.25) is 0 Å². The summed E-state index contributed by atoms with van der Waals surface area (Å²) in [6.45, 7) is 16.4. The molecule has 156 valence electrons. The van der Waals surface area contributed by atoms with Crippen LogP contribution in [0.2, 0.25) is 5.02 Å². The molecular formula is C24H31ClN2OS.